The predicted octanol–water partition coefficient (Wildman–Crippen LogP) is 6.17. The van der Waals surface area contributed by atoms with E-state index in [1.165, 1.54) is 10.7 Å². The smallest absolute Gasteiger partial charge is 0.382 e. The molecule has 11 heteroatoms. The molecule has 1 fully saturated rings. The van der Waals surface area contributed by atoms with Crippen LogP contribution in [0.15, 0.2) is 48.7 Å². The molecule has 2 aromatic heterocycles. The molecule has 204 valence electrons. The van der Waals surface area contributed by atoms with Crippen molar-refractivity contribution in [3.05, 3.63) is 82.7 Å². The summed E-state index contributed by atoms with van der Waals surface area (Å²) in [5.41, 5.74) is 1.18. The molecule has 6 nitrogen and oxygen atoms in total. The molecule has 40 heavy (non-hydrogen) atoms. The van der Waals surface area contributed by atoms with Crippen molar-refractivity contribution in [3.8, 4) is 23.1 Å². The van der Waals surface area contributed by atoms with E-state index < -0.39 is 42.1 Å². The Balaban J connectivity index is 1.57. The van der Waals surface area contributed by atoms with Crippen LogP contribution >= 0.6 is 0 Å². The lowest BCUT2D eigenvalue weighted by atomic mass is 10.0. The Morgan fingerprint density at radius 1 is 1.10 bits per heavy atom. The highest BCUT2D eigenvalue weighted by atomic mass is 19.4. The number of carbonyl (C=O) groups excluding carboxylic acids is 2. The third-order valence-corrected chi connectivity index (χ3v) is 6.35. The fraction of sp³-hybridized carbons (Fsp3) is 0.241. The van der Waals surface area contributed by atoms with Crippen molar-refractivity contribution in [2.75, 3.05) is 11.9 Å². The van der Waals surface area contributed by atoms with Gasteiger partial charge in [-0.3, -0.25) is 9.59 Å². The van der Waals surface area contributed by atoms with Crippen LogP contribution in [-0.2, 0) is 0 Å². The normalized spacial score (nSPS) is 13.2. The molecule has 1 aliphatic rings. The van der Waals surface area contributed by atoms with Crippen LogP contribution in [0, 0.1) is 36.3 Å². The van der Waals surface area contributed by atoms with Gasteiger partial charge in [0.2, 0.25) is 11.6 Å². The van der Waals surface area contributed by atoms with Gasteiger partial charge in [-0.25, -0.2) is 18.3 Å². The maximum absolute atomic E-state index is 14.4. The lowest BCUT2D eigenvalue weighted by Crippen LogP contribution is -2.17. The molecule has 0 atom stereocenters. The second-order valence-electron chi connectivity index (χ2n) is 9.45. The Bertz CT molecular complexity index is 1710. The zero-order valence-corrected chi connectivity index (χ0v) is 21.1. The average Bonchev–Trinajstić information content (AvgIpc) is 3.64. The summed E-state index contributed by atoms with van der Waals surface area (Å²) in [6.45, 7) is 1.21. The molecule has 0 radical (unpaired) electrons. The number of halogens is 5. The van der Waals surface area contributed by atoms with Crippen molar-refractivity contribution in [2.45, 2.75) is 32.4 Å². The van der Waals surface area contributed by atoms with Gasteiger partial charge >= 0.3 is 6.18 Å². The highest BCUT2D eigenvalue weighted by Gasteiger charge is 2.27. The quantitative estimate of drug-likeness (QED) is 0.128. The number of benzene rings is 2. The summed E-state index contributed by atoms with van der Waals surface area (Å²) in [5, 5.41) is 6.91. The number of aryl methyl sites for hydroxylation is 1. The van der Waals surface area contributed by atoms with E-state index in [-0.39, 0.29) is 28.7 Å². The third-order valence-electron chi connectivity index (χ3n) is 6.35. The van der Waals surface area contributed by atoms with E-state index in [0.29, 0.717) is 22.4 Å². The molecule has 5 rings (SSSR count). The topological polar surface area (TPSA) is 76.4 Å². The molecular weight excluding hydrogens is 531 g/mol. The number of Topliss-reactive ketones (excluding diaryl/α,β-unsaturated/α-hetero) is 1. The number of hydrogen-bond acceptors (Lipinski definition) is 5. The second kappa shape index (κ2) is 10.5. The van der Waals surface area contributed by atoms with Gasteiger partial charge < -0.3 is 5.32 Å². The Morgan fingerprint density at radius 3 is 2.58 bits per heavy atom. The molecule has 2 heterocycles. The Labute approximate surface area is 225 Å². The van der Waals surface area contributed by atoms with Crippen molar-refractivity contribution in [1.82, 2.24) is 14.6 Å². The Kier molecular flexibility index (Phi) is 7.10. The zero-order valence-electron chi connectivity index (χ0n) is 21.1. The summed E-state index contributed by atoms with van der Waals surface area (Å²) in [6.07, 6.45) is -2.20. The minimum atomic E-state index is -4.43. The molecule has 4 aromatic rings. The van der Waals surface area contributed by atoms with Crippen LogP contribution in [0.2, 0.25) is 0 Å². The first-order valence-electron chi connectivity index (χ1n) is 12.4. The SMILES string of the molecule is Cc1cc(-c2cnc3c(NCCC(F)(F)F)cc(C(=O)c4cccc(F)c4F)nn23)ccc1C(=O)C#CC1CC1. The fourth-order valence-corrected chi connectivity index (χ4v) is 4.10. The molecule has 1 saturated carbocycles. The summed E-state index contributed by atoms with van der Waals surface area (Å²) < 4.78 is 67.8. The Morgan fingerprint density at radius 2 is 1.88 bits per heavy atom. The number of anilines is 1. The highest BCUT2D eigenvalue weighted by Crippen LogP contribution is 2.29. The van der Waals surface area contributed by atoms with Gasteiger partial charge in [-0.05, 0) is 61.6 Å². The molecule has 0 amide bonds. The summed E-state index contributed by atoms with van der Waals surface area (Å²) in [4.78, 5) is 30.0. The molecule has 0 spiro atoms. The number of carbonyl (C=O) groups is 2. The number of hydrogen-bond donors (Lipinski definition) is 1. The molecule has 1 aliphatic carbocycles. The van der Waals surface area contributed by atoms with Gasteiger partial charge in [0, 0.05) is 23.6 Å². The van der Waals surface area contributed by atoms with Gasteiger partial charge in [0.05, 0.1) is 29.6 Å². The summed E-state index contributed by atoms with van der Waals surface area (Å²) in [7, 11) is 0. The van der Waals surface area contributed by atoms with Crippen LogP contribution in [-0.4, -0.2) is 38.9 Å². The van der Waals surface area contributed by atoms with Gasteiger partial charge in [-0.15, -0.1) is 0 Å². The van der Waals surface area contributed by atoms with Crippen LogP contribution < -0.4 is 5.32 Å². The van der Waals surface area contributed by atoms with E-state index in [1.807, 2.05) is 0 Å². The van der Waals surface area contributed by atoms with Crippen molar-refractivity contribution < 1.29 is 31.5 Å². The van der Waals surface area contributed by atoms with Gasteiger partial charge in [0.25, 0.3) is 0 Å². The molecule has 0 aliphatic heterocycles. The Hall–Kier alpha value is -4.59. The number of nitrogens with zero attached hydrogens (tertiary/aromatic N) is 3. The number of alkyl halides is 3. The van der Waals surface area contributed by atoms with Crippen LogP contribution in [0.4, 0.5) is 27.6 Å². The molecule has 0 unspecified atom stereocenters. The van der Waals surface area contributed by atoms with Gasteiger partial charge in [0.15, 0.2) is 17.3 Å². The first-order chi connectivity index (χ1) is 19.0. The van der Waals surface area contributed by atoms with Crippen molar-refractivity contribution in [3.63, 3.8) is 0 Å². The number of rotatable bonds is 7. The molecule has 1 N–H and O–H groups in total. The number of fused-ring (bicyclic) bond motifs is 1. The zero-order chi connectivity index (χ0) is 28.6. The second-order valence-corrected chi connectivity index (χ2v) is 9.45. The number of ketones is 2. The first kappa shape index (κ1) is 27.0. The van der Waals surface area contributed by atoms with Crippen LogP contribution in [0.1, 0.15) is 51.2 Å². The molecule has 0 saturated heterocycles. The summed E-state index contributed by atoms with van der Waals surface area (Å²) in [6, 6.07) is 9.21. The third kappa shape index (κ3) is 5.71. The van der Waals surface area contributed by atoms with E-state index in [4.69, 9.17) is 0 Å². The van der Waals surface area contributed by atoms with E-state index in [0.717, 1.165) is 37.1 Å². The van der Waals surface area contributed by atoms with Crippen LogP contribution in [0.25, 0.3) is 16.9 Å². The van der Waals surface area contributed by atoms with Crippen molar-refractivity contribution in [2.24, 2.45) is 5.92 Å². The largest absolute Gasteiger partial charge is 0.390 e. The molecule has 2 aromatic carbocycles. The lowest BCUT2D eigenvalue weighted by Gasteiger charge is -2.12. The summed E-state index contributed by atoms with van der Waals surface area (Å²) >= 11 is 0. The number of aromatic nitrogens is 3. The van der Waals surface area contributed by atoms with Crippen molar-refractivity contribution in [1.29, 1.82) is 0 Å². The average molecular weight is 553 g/mol. The monoisotopic (exact) mass is 552 g/mol. The van der Waals surface area contributed by atoms with Crippen molar-refractivity contribution >= 4 is 22.9 Å². The van der Waals surface area contributed by atoms with Crippen LogP contribution in [0.5, 0.6) is 0 Å². The van der Waals surface area contributed by atoms with E-state index in [2.05, 4.69) is 27.2 Å². The minimum absolute atomic E-state index is 0.0459. The number of imidazole rings is 1. The highest BCUT2D eigenvalue weighted by molar-refractivity contribution is 6.10. The van der Waals surface area contributed by atoms with Crippen LogP contribution in [0.3, 0.4) is 0 Å². The molecule has 0 bridgehead atoms. The minimum Gasteiger partial charge on any atom is -0.382 e. The molecular formula is C29H21F5N4O2. The van der Waals surface area contributed by atoms with Gasteiger partial charge in [0.1, 0.15) is 5.69 Å². The maximum Gasteiger partial charge on any atom is 0.390 e. The standard InChI is InChI=1S/C29H21F5N4O2/c1-16-13-18(8-9-19(16)25(39)10-7-17-5-6-17)24-15-36-28-23(35-12-11-29(32,33)34)14-22(37-38(24)28)27(40)20-3-2-4-21(30)26(20)31/h2-4,8-9,13-15,17,35H,5-6,11-12H2,1H3. The maximum atomic E-state index is 14.4. The van der Waals surface area contributed by atoms with Gasteiger partial charge in [-0.2, -0.15) is 18.3 Å². The first-order valence-corrected chi connectivity index (χ1v) is 12.4. The van der Waals surface area contributed by atoms with E-state index in [1.54, 1.807) is 25.1 Å². The fourth-order valence-electron chi connectivity index (χ4n) is 4.10. The van der Waals surface area contributed by atoms with E-state index in [9.17, 15) is 31.5 Å². The van der Waals surface area contributed by atoms with Gasteiger partial charge in [-0.1, -0.05) is 18.1 Å². The number of nitrogens with one attached hydrogen (secondary N) is 1. The van der Waals surface area contributed by atoms with E-state index >= 15 is 0 Å². The lowest BCUT2D eigenvalue weighted by molar-refractivity contribution is -0.131. The summed E-state index contributed by atoms with van der Waals surface area (Å²) in [5.74, 6) is 1.99. The predicted molar refractivity (Wildman–Crippen MR) is 137 cm³/mol.